The topological polar surface area (TPSA) is 74.9 Å². The van der Waals surface area contributed by atoms with E-state index in [1.807, 2.05) is 6.20 Å². The minimum atomic E-state index is -0.112. The van der Waals surface area contributed by atoms with E-state index in [0.717, 1.165) is 17.1 Å². The molecule has 0 aromatic heterocycles. The molecule has 0 aromatic rings. The van der Waals surface area contributed by atoms with E-state index in [2.05, 4.69) is 32.7 Å². The van der Waals surface area contributed by atoms with Crippen molar-refractivity contribution < 1.29 is 4.74 Å². The number of nitrogens with zero attached hydrogens (tertiary/aromatic N) is 2. The summed E-state index contributed by atoms with van der Waals surface area (Å²) in [5.41, 5.74) is 9.34. The molecule has 4 aliphatic rings. The van der Waals surface area contributed by atoms with Crippen LogP contribution >= 0.6 is 0 Å². The molecule has 0 aromatic carbocycles. The van der Waals surface area contributed by atoms with Gasteiger partial charge in [0.25, 0.3) is 0 Å². The van der Waals surface area contributed by atoms with Crippen LogP contribution in [0.3, 0.4) is 0 Å². The first-order valence-electron chi connectivity index (χ1n) is 6.34. The third-order valence-corrected chi connectivity index (χ3v) is 3.83. The minimum absolute atomic E-state index is 0.0739. The van der Waals surface area contributed by atoms with Crippen molar-refractivity contribution in [3.05, 3.63) is 47.9 Å². The van der Waals surface area contributed by atoms with Crippen LogP contribution in [0.2, 0.25) is 0 Å². The van der Waals surface area contributed by atoms with Crippen molar-refractivity contribution in [3.8, 4) is 0 Å². The minimum Gasteiger partial charge on any atom is -0.489 e. The van der Waals surface area contributed by atoms with Gasteiger partial charge in [0.2, 0.25) is 0 Å². The molecule has 1 fully saturated rings. The maximum absolute atomic E-state index is 6.18. The molecule has 3 aliphatic heterocycles. The van der Waals surface area contributed by atoms with Gasteiger partial charge in [-0.1, -0.05) is 0 Å². The maximum Gasteiger partial charge on any atom is 0.149 e. The van der Waals surface area contributed by atoms with Gasteiger partial charge in [0.05, 0.1) is 36.4 Å². The Balaban J connectivity index is 1.76. The van der Waals surface area contributed by atoms with Crippen molar-refractivity contribution in [2.45, 2.75) is 12.3 Å². The summed E-state index contributed by atoms with van der Waals surface area (Å²) >= 11 is 0. The number of hydrogen-bond donors (Lipinski definition) is 3. The van der Waals surface area contributed by atoms with Gasteiger partial charge in [0.1, 0.15) is 12.4 Å². The molecule has 4 rings (SSSR count). The van der Waals surface area contributed by atoms with Gasteiger partial charge in [-0.15, -0.1) is 0 Å². The average molecular weight is 257 g/mol. The molecule has 19 heavy (non-hydrogen) atoms. The second kappa shape index (κ2) is 3.97. The van der Waals surface area contributed by atoms with Gasteiger partial charge in [-0.2, -0.15) is 0 Å². The first kappa shape index (κ1) is 10.8. The lowest BCUT2D eigenvalue weighted by atomic mass is 9.86. The number of nitrogens with two attached hydrogens (primary N) is 1. The summed E-state index contributed by atoms with van der Waals surface area (Å²) in [6, 6.07) is 0. The second-order valence-corrected chi connectivity index (χ2v) is 4.87. The lowest BCUT2D eigenvalue weighted by molar-refractivity contribution is 0.0661. The Morgan fingerprint density at radius 1 is 1.42 bits per heavy atom. The smallest absolute Gasteiger partial charge is 0.149 e. The number of nitrogens with one attached hydrogen (secondary N) is 2. The molecule has 3 atom stereocenters. The Kier molecular flexibility index (Phi) is 2.27. The summed E-state index contributed by atoms with van der Waals surface area (Å²) in [6.45, 7) is 0.691. The summed E-state index contributed by atoms with van der Waals surface area (Å²) in [5, 5.41) is 6.54. The fourth-order valence-electron chi connectivity index (χ4n) is 2.89. The van der Waals surface area contributed by atoms with Crippen LogP contribution in [-0.2, 0) is 4.74 Å². The summed E-state index contributed by atoms with van der Waals surface area (Å²) in [7, 11) is 0. The van der Waals surface area contributed by atoms with E-state index < -0.39 is 0 Å². The van der Waals surface area contributed by atoms with Crippen LogP contribution in [0.5, 0.6) is 0 Å². The fraction of sp³-hybridized carbons (Fsp3) is 0.308. The zero-order chi connectivity index (χ0) is 12.8. The van der Waals surface area contributed by atoms with E-state index in [1.165, 1.54) is 0 Å². The molecule has 98 valence electrons. The number of allylic oxidation sites excluding steroid dienone is 3. The molecule has 0 bridgehead atoms. The van der Waals surface area contributed by atoms with Crippen molar-refractivity contribution in [2.24, 2.45) is 16.6 Å². The van der Waals surface area contributed by atoms with Crippen LogP contribution in [-0.4, -0.2) is 30.1 Å². The predicted molar refractivity (Wildman–Crippen MR) is 71.2 cm³/mol. The lowest BCUT2D eigenvalue weighted by Gasteiger charge is -2.45. The quantitative estimate of drug-likeness (QED) is 0.566. The van der Waals surface area contributed by atoms with E-state index in [-0.39, 0.29) is 18.2 Å². The van der Waals surface area contributed by atoms with Crippen LogP contribution in [0, 0.1) is 5.92 Å². The molecule has 6 nitrogen and oxygen atoms in total. The predicted octanol–water partition coefficient (Wildman–Crippen LogP) is -0.0831. The summed E-state index contributed by atoms with van der Waals surface area (Å²) in [6.07, 6.45) is 11.2. The third-order valence-electron chi connectivity index (χ3n) is 3.83. The highest BCUT2D eigenvalue weighted by molar-refractivity contribution is 5.80. The highest BCUT2D eigenvalue weighted by Crippen LogP contribution is 2.36. The SMILES string of the molecule is NC1NCNC2=CC=C3C(OC=C4C=NC=CN43)C21. The largest absolute Gasteiger partial charge is 0.489 e. The van der Waals surface area contributed by atoms with E-state index in [4.69, 9.17) is 10.5 Å². The molecule has 6 heteroatoms. The monoisotopic (exact) mass is 257 g/mol. The van der Waals surface area contributed by atoms with E-state index in [0.29, 0.717) is 6.67 Å². The molecule has 1 saturated heterocycles. The molecule has 1 aliphatic carbocycles. The van der Waals surface area contributed by atoms with Crippen LogP contribution in [0.15, 0.2) is 52.9 Å². The number of ether oxygens (including phenoxy) is 1. The van der Waals surface area contributed by atoms with Crippen molar-refractivity contribution in [1.82, 2.24) is 15.5 Å². The Hall–Kier alpha value is -2.05. The number of hydrogen-bond acceptors (Lipinski definition) is 6. The van der Waals surface area contributed by atoms with Gasteiger partial charge in [0.15, 0.2) is 0 Å². The number of aliphatic imine (C=N–C) groups is 1. The zero-order valence-electron chi connectivity index (χ0n) is 10.3. The van der Waals surface area contributed by atoms with E-state index in [9.17, 15) is 0 Å². The molecule has 0 saturated carbocycles. The van der Waals surface area contributed by atoms with Gasteiger partial charge in [-0.3, -0.25) is 10.3 Å². The van der Waals surface area contributed by atoms with Crippen molar-refractivity contribution in [3.63, 3.8) is 0 Å². The fourth-order valence-corrected chi connectivity index (χ4v) is 2.89. The van der Waals surface area contributed by atoms with Gasteiger partial charge in [-0.05, 0) is 12.2 Å². The molecule has 3 unspecified atom stereocenters. The first-order chi connectivity index (χ1) is 9.34. The molecule has 4 N–H and O–H groups in total. The molecular formula is C13H15N5O. The Morgan fingerprint density at radius 2 is 2.37 bits per heavy atom. The molecule has 3 heterocycles. The normalized spacial score (nSPS) is 34.9. The van der Waals surface area contributed by atoms with Gasteiger partial charge in [0, 0.05) is 18.1 Å². The Bertz CT molecular complexity index is 559. The molecule has 0 radical (unpaired) electrons. The molecular weight excluding hydrogens is 242 g/mol. The lowest BCUT2D eigenvalue weighted by Crippen LogP contribution is -2.60. The maximum atomic E-state index is 6.18. The van der Waals surface area contributed by atoms with Crippen molar-refractivity contribution in [2.75, 3.05) is 6.67 Å². The average Bonchev–Trinajstić information content (AvgIpc) is 2.46. The summed E-state index contributed by atoms with van der Waals surface area (Å²) < 4.78 is 5.89. The van der Waals surface area contributed by atoms with Crippen LogP contribution in [0.1, 0.15) is 0 Å². The second-order valence-electron chi connectivity index (χ2n) is 4.87. The Labute approximate surface area is 111 Å². The van der Waals surface area contributed by atoms with Crippen LogP contribution in [0.4, 0.5) is 0 Å². The highest BCUT2D eigenvalue weighted by atomic mass is 16.5. The summed E-state index contributed by atoms with van der Waals surface area (Å²) in [4.78, 5) is 6.20. The first-order valence-corrected chi connectivity index (χ1v) is 6.34. The van der Waals surface area contributed by atoms with Gasteiger partial charge >= 0.3 is 0 Å². The molecule has 0 spiro atoms. The van der Waals surface area contributed by atoms with Crippen LogP contribution < -0.4 is 16.4 Å². The van der Waals surface area contributed by atoms with Gasteiger partial charge < -0.3 is 20.7 Å². The van der Waals surface area contributed by atoms with E-state index >= 15 is 0 Å². The van der Waals surface area contributed by atoms with Crippen molar-refractivity contribution >= 4 is 6.21 Å². The molecule has 0 amide bonds. The summed E-state index contributed by atoms with van der Waals surface area (Å²) in [5.74, 6) is 0.0961. The number of fused-ring (bicyclic) bond motifs is 5. The van der Waals surface area contributed by atoms with Gasteiger partial charge in [-0.25, -0.2) is 0 Å². The highest BCUT2D eigenvalue weighted by Gasteiger charge is 2.42. The standard InChI is InChI=1S/C13H15N5O/c14-13-11-9(16-7-17-13)1-2-10-12(11)19-6-8-5-15-3-4-18(8)10/h1-6,11-13,16-17H,7,14H2. The third kappa shape index (κ3) is 1.54. The van der Waals surface area contributed by atoms with Crippen molar-refractivity contribution in [1.29, 1.82) is 0 Å². The Morgan fingerprint density at radius 3 is 3.32 bits per heavy atom. The van der Waals surface area contributed by atoms with E-state index in [1.54, 1.807) is 18.7 Å². The number of rotatable bonds is 0. The van der Waals surface area contributed by atoms with Crippen LogP contribution in [0.25, 0.3) is 0 Å². The zero-order valence-corrected chi connectivity index (χ0v) is 10.3.